The second-order valence-corrected chi connectivity index (χ2v) is 6.72. The molecule has 2 aromatic carbocycles. The maximum Gasteiger partial charge on any atom is 0.218 e. The average Bonchev–Trinajstić information content (AvgIpc) is 3.10. The number of amides is 1. The summed E-state index contributed by atoms with van der Waals surface area (Å²) >= 11 is 0. The molecular weight excluding hydrogens is 324 g/mol. The molecule has 5 nitrogen and oxygen atoms in total. The Morgan fingerprint density at radius 3 is 2.46 bits per heavy atom. The standard InChI is InChI=1S/C21H22N4O/c22-20(26)11-13-25-12-10-19-18(14-25)21(24-23-19)17-8-6-16(7-9-17)15-4-2-1-3-5-15/h1-9H,10-14H2,(H2,22,26)(H,23,24). The molecule has 0 saturated carbocycles. The summed E-state index contributed by atoms with van der Waals surface area (Å²) in [6, 6.07) is 18.9. The Balaban J connectivity index is 1.56. The van der Waals surface area contributed by atoms with E-state index < -0.39 is 0 Å². The number of carbonyl (C=O) groups is 1. The number of aromatic nitrogens is 2. The number of carbonyl (C=O) groups excluding carboxylic acids is 1. The van der Waals surface area contributed by atoms with Gasteiger partial charge < -0.3 is 5.73 Å². The van der Waals surface area contributed by atoms with Crippen molar-refractivity contribution in [2.24, 2.45) is 5.73 Å². The summed E-state index contributed by atoms with van der Waals surface area (Å²) in [7, 11) is 0. The molecule has 3 aromatic rings. The molecule has 0 spiro atoms. The van der Waals surface area contributed by atoms with Gasteiger partial charge in [0, 0.05) is 49.3 Å². The number of primary amides is 1. The lowest BCUT2D eigenvalue weighted by Gasteiger charge is -2.26. The molecule has 2 heterocycles. The van der Waals surface area contributed by atoms with Crippen LogP contribution in [0.15, 0.2) is 54.6 Å². The van der Waals surface area contributed by atoms with Crippen LogP contribution in [0.25, 0.3) is 22.4 Å². The summed E-state index contributed by atoms with van der Waals surface area (Å²) in [6.45, 7) is 2.43. The van der Waals surface area contributed by atoms with Gasteiger partial charge in [-0.1, -0.05) is 54.6 Å². The van der Waals surface area contributed by atoms with Crippen molar-refractivity contribution < 1.29 is 4.79 Å². The van der Waals surface area contributed by atoms with Crippen LogP contribution >= 0.6 is 0 Å². The van der Waals surface area contributed by atoms with Crippen molar-refractivity contribution in [3.63, 3.8) is 0 Å². The van der Waals surface area contributed by atoms with Crippen molar-refractivity contribution in [2.75, 3.05) is 13.1 Å². The maximum atomic E-state index is 11.1. The smallest absolute Gasteiger partial charge is 0.218 e. The van der Waals surface area contributed by atoms with Crippen LogP contribution in [0.2, 0.25) is 0 Å². The first-order chi connectivity index (χ1) is 12.7. The quantitative estimate of drug-likeness (QED) is 0.746. The fraction of sp³-hybridized carbons (Fsp3) is 0.238. The van der Waals surface area contributed by atoms with E-state index in [9.17, 15) is 4.79 Å². The van der Waals surface area contributed by atoms with Crippen LogP contribution < -0.4 is 5.73 Å². The zero-order valence-corrected chi connectivity index (χ0v) is 14.6. The van der Waals surface area contributed by atoms with E-state index in [0.29, 0.717) is 13.0 Å². The highest BCUT2D eigenvalue weighted by Crippen LogP contribution is 2.30. The van der Waals surface area contributed by atoms with E-state index in [1.165, 1.54) is 22.4 Å². The zero-order valence-electron chi connectivity index (χ0n) is 14.6. The summed E-state index contributed by atoms with van der Waals surface area (Å²) in [5, 5.41) is 7.74. The minimum Gasteiger partial charge on any atom is -0.370 e. The fourth-order valence-electron chi connectivity index (χ4n) is 3.50. The van der Waals surface area contributed by atoms with Gasteiger partial charge in [0.25, 0.3) is 0 Å². The van der Waals surface area contributed by atoms with Gasteiger partial charge in [0.15, 0.2) is 0 Å². The third-order valence-corrected chi connectivity index (χ3v) is 4.95. The molecule has 1 aromatic heterocycles. The number of aromatic amines is 1. The normalized spacial score (nSPS) is 14.2. The van der Waals surface area contributed by atoms with Crippen LogP contribution in [-0.4, -0.2) is 34.1 Å². The molecule has 0 fully saturated rings. The Morgan fingerprint density at radius 2 is 1.73 bits per heavy atom. The lowest BCUT2D eigenvalue weighted by atomic mass is 9.98. The van der Waals surface area contributed by atoms with E-state index >= 15 is 0 Å². The van der Waals surface area contributed by atoms with Crippen molar-refractivity contribution in [1.82, 2.24) is 15.1 Å². The predicted octanol–water partition coefficient (Wildman–Crippen LogP) is 2.98. The van der Waals surface area contributed by atoms with Crippen molar-refractivity contribution in [3.8, 4) is 22.4 Å². The van der Waals surface area contributed by atoms with Crippen LogP contribution in [0.5, 0.6) is 0 Å². The van der Waals surface area contributed by atoms with Gasteiger partial charge in [-0.05, 0) is 11.1 Å². The topological polar surface area (TPSA) is 75.0 Å². The Kier molecular flexibility index (Phi) is 4.54. The van der Waals surface area contributed by atoms with Crippen LogP contribution in [-0.2, 0) is 17.8 Å². The van der Waals surface area contributed by atoms with E-state index in [1.807, 2.05) is 18.2 Å². The third-order valence-electron chi connectivity index (χ3n) is 4.95. The van der Waals surface area contributed by atoms with Gasteiger partial charge in [0.2, 0.25) is 5.91 Å². The molecule has 1 aliphatic rings. The van der Waals surface area contributed by atoms with Gasteiger partial charge in [-0.3, -0.25) is 14.8 Å². The number of benzene rings is 2. The van der Waals surface area contributed by atoms with Crippen molar-refractivity contribution in [3.05, 3.63) is 65.9 Å². The number of nitrogens with zero attached hydrogens (tertiary/aromatic N) is 2. The molecule has 0 bridgehead atoms. The Bertz CT molecular complexity index is 900. The van der Waals surface area contributed by atoms with Gasteiger partial charge in [0.05, 0.1) is 5.69 Å². The summed E-state index contributed by atoms with van der Waals surface area (Å²) in [6.07, 6.45) is 1.32. The van der Waals surface area contributed by atoms with Crippen LogP contribution in [0.1, 0.15) is 17.7 Å². The van der Waals surface area contributed by atoms with E-state index in [0.717, 1.165) is 30.8 Å². The average molecular weight is 346 g/mol. The van der Waals surface area contributed by atoms with Crippen LogP contribution in [0, 0.1) is 0 Å². The number of hydrogen-bond acceptors (Lipinski definition) is 3. The fourth-order valence-corrected chi connectivity index (χ4v) is 3.50. The van der Waals surface area contributed by atoms with E-state index in [-0.39, 0.29) is 5.91 Å². The second-order valence-electron chi connectivity index (χ2n) is 6.72. The minimum atomic E-state index is -0.250. The van der Waals surface area contributed by atoms with E-state index in [4.69, 9.17) is 5.73 Å². The van der Waals surface area contributed by atoms with E-state index in [2.05, 4.69) is 51.5 Å². The Morgan fingerprint density at radius 1 is 1.04 bits per heavy atom. The van der Waals surface area contributed by atoms with Gasteiger partial charge in [-0.2, -0.15) is 5.10 Å². The number of rotatable bonds is 5. The SMILES string of the molecule is NC(=O)CCN1CCc2[nH]nc(-c3ccc(-c4ccccc4)cc3)c2C1. The van der Waals surface area contributed by atoms with Gasteiger partial charge in [-0.25, -0.2) is 0 Å². The first-order valence-electron chi connectivity index (χ1n) is 8.93. The monoisotopic (exact) mass is 346 g/mol. The largest absolute Gasteiger partial charge is 0.370 e. The first-order valence-corrected chi connectivity index (χ1v) is 8.93. The second kappa shape index (κ2) is 7.14. The Hall–Kier alpha value is -2.92. The number of H-pyrrole nitrogens is 1. The zero-order chi connectivity index (χ0) is 17.9. The molecule has 0 atom stereocenters. The highest BCUT2D eigenvalue weighted by atomic mass is 16.1. The van der Waals surface area contributed by atoms with Gasteiger partial charge >= 0.3 is 0 Å². The molecule has 0 aliphatic carbocycles. The Labute approximate surface area is 152 Å². The summed E-state index contributed by atoms with van der Waals surface area (Å²) in [4.78, 5) is 13.3. The lowest BCUT2D eigenvalue weighted by Crippen LogP contribution is -2.33. The first kappa shape index (κ1) is 16.5. The summed E-state index contributed by atoms with van der Waals surface area (Å²) < 4.78 is 0. The van der Waals surface area contributed by atoms with Crippen LogP contribution in [0.3, 0.4) is 0 Å². The molecule has 5 heteroatoms. The number of fused-ring (bicyclic) bond motifs is 1. The molecule has 1 aliphatic heterocycles. The van der Waals surface area contributed by atoms with Crippen molar-refractivity contribution >= 4 is 5.91 Å². The molecule has 0 unspecified atom stereocenters. The number of nitrogens with one attached hydrogen (secondary N) is 1. The molecule has 3 N–H and O–H groups in total. The summed E-state index contributed by atoms with van der Waals surface area (Å²) in [5.41, 5.74) is 12.2. The van der Waals surface area contributed by atoms with E-state index in [1.54, 1.807) is 0 Å². The molecule has 0 radical (unpaired) electrons. The lowest BCUT2D eigenvalue weighted by molar-refractivity contribution is -0.118. The molecule has 0 saturated heterocycles. The van der Waals surface area contributed by atoms with Gasteiger partial charge in [-0.15, -0.1) is 0 Å². The predicted molar refractivity (Wildman–Crippen MR) is 102 cm³/mol. The van der Waals surface area contributed by atoms with Gasteiger partial charge in [0.1, 0.15) is 0 Å². The molecule has 132 valence electrons. The highest BCUT2D eigenvalue weighted by Gasteiger charge is 2.22. The number of hydrogen-bond donors (Lipinski definition) is 2. The molecule has 26 heavy (non-hydrogen) atoms. The summed E-state index contributed by atoms with van der Waals surface area (Å²) in [5.74, 6) is -0.250. The number of nitrogens with two attached hydrogens (primary N) is 1. The third kappa shape index (κ3) is 3.39. The maximum absolute atomic E-state index is 11.1. The van der Waals surface area contributed by atoms with Crippen molar-refractivity contribution in [2.45, 2.75) is 19.4 Å². The molecular formula is C21H22N4O. The molecule has 4 rings (SSSR count). The van der Waals surface area contributed by atoms with Crippen LogP contribution in [0.4, 0.5) is 0 Å². The molecule has 1 amide bonds. The van der Waals surface area contributed by atoms with Crippen molar-refractivity contribution in [1.29, 1.82) is 0 Å². The minimum absolute atomic E-state index is 0.250. The highest BCUT2D eigenvalue weighted by molar-refractivity contribution is 5.74.